The molecule has 20 heavy (non-hydrogen) atoms. The number of thiophene rings is 1. The van der Waals surface area contributed by atoms with Crippen LogP contribution in [0.5, 0.6) is 5.75 Å². The van der Waals surface area contributed by atoms with Crippen molar-refractivity contribution in [3.63, 3.8) is 0 Å². The molecule has 0 saturated carbocycles. The van der Waals surface area contributed by atoms with Gasteiger partial charge in [0.05, 0.1) is 16.5 Å². The van der Waals surface area contributed by atoms with Gasteiger partial charge in [-0.3, -0.25) is 0 Å². The van der Waals surface area contributed by atoms with Gasteiger partial charge >= 0.3 is 0 Å². The quantitative estimate of drug-likeness (QED) is 0.563. The van der Waals surface area contributed by atoms with Crippen LogP contribution in [0, 0.1) is 13.8 Å². The Morgan fingerprint density at radius 2 is 2.05 bits per heavy atom. The average Bonchev–Trinajstić information content (AvgIpc) is 2.76. The molecule has 0 fully saturated rings. The van der Waals surface area contributed by atoms with Gasteiger partial charge in [-0.25, -0.2) is 0 Å². The molecule has 0 aliphatic carbocycles. The van der Waals surface area contributed by atoms with E-state index in [0.717, 1.165) is 28.8 Å². The molecule has 0 radical (unpaired) electrons. The summed E-state index contributed by atoms with van der Waals surface area (Å²) in [5, 5.41) is -0.107. The highest BCUT2D eigenvalue weighted by Gasteiger charge is 2.15. The molecule has 0 aliphatic rings. The molecule has 0 bridgehead atoms. The van der Waals surface area contributed by atoms with Crippen LogP contribution >= 0.6 is 38.9 Å². The first-order valence-electron chi connectivity index (χ1n) is 6.66. The summed E-state index contributed by atoms with van der Waals surface area (Å²) in [7, 11) is 0. The Kier molecular flexibility index (Phi) is 5.53. The Morgan fingerprint density at radius 3 is 2.60 bits per heavy atom. The minimum atomic E-state index is -0.107. The second-order valence-electron chi connectivity index (χ2n) is 4.79. The van der Waals surface area contributed by atoms with E-state index in [1.54, 1.807) is 11.3 Å². The van der Waals surface area contributed by atoms with Crippen molar-refractivity contribution in [3.05, 3.63) is 49.6 Å². The minimum absolute atomic E-state index is 0.107. The summed E-state index contributed by atoms with van der Waals surface area (Å²) in [6, 6.07) is 8.25. The fourth-order valence-corrected chi connectivity index (χ4v) is 3.79. The van der Waals surface area contributed by atoms with Crippen LogP contribution in [0.15, 0.2) is 28.7 Å². The molecule has 4 heteroatoms. The molecule has 2 aromatic rings. The van der Waals surface area contributed by atoms with Gasteiger partial charge in [0.1, 0.15) is 5.75 Å². The monoisotopic (exact) mass is 372 g/mol. The van der Waals surface area contributed by atoms with Crippen molar-refractivity contribution < 1.29 is 4.74 Å². The van der Waals surface area contributed by atoms with Crippen LogP contribution < -0.4 is 4.74 Å². The number of alkyl halides is 1. The maximum atomic E-state index is 6.59. The zero-order valence-electron chi connectivity index (χ0n) is 11.9. The number of halogens is 2. The SMILES string of the molecule is CCCOc1ccc(C(Cl)c2cc(C)c(C)s2)cc1Br. The number of aryl methyl sites for hydroxylation is 2. The number of benzene rings is 1. The standard InChI is InChI=1S/C16H18BrClOS/c1-4-7-19-14-6-5-12(9-13(14)17)16(18)15-8-10(2)11(3)20-15/h5-6,8-9,16H,4,7H2,1-3H3. The molecule has 0 amide bonds. The van der Waals surface area contributed by atoms with Crippen LogP contribution in [-0.4, -0.2) is 6.61 Å². The zero-order chi connectivity index (χ0) is 14.7. The lowest BCUT2D eigenvalue weighted by molar-refractivity contribution is 0.315. The lowest BCUT2D eigenvalue weighted by Gasteiger charge is -2.12. The van der Waals surface area contributed by atoms with E-state index in [1.807, 2.05) is 18.2 Å². The third-order valence-electron chi connectivity index (χ3n) is 3.15. The van der Waals surface area contributed by atoms with Crippen molar-refractivity contribution in [2.75, 3.05) is 6.61 Å². The zero-order valence-corrected chi connectivity index (χ0v) is 15.0. The van der Waals surface area contributed by atoms with Gasteiger partial charge in [0.2, 0.25) is 0 Å². The van der Waals surface area contributed by atoms with Gasteiger partial charge in [-0.2, -0.15) is 0 Å². The second-order valence-corrected chi connectivity index (χ2v) is 7.37. The van der Waals surface area contributed by atoms with E-state index >= 15 is 0 Å². The van der Waals surface area contributed by atoms with Crippen molar-refractivity contribution in [2.45, 2.75) is 32.6 Å². The van der Waals surface area contributed by atoms with Gasteiger partial charge in [0.15, 0.2) is 0 Å². The smallest absolute Gasteiger partial charge is 0.133 e. The topological polar surface area (TPSA) is 9.23 Å². The number of hydrogen-bond donors (Lipinski definition) is 0. The lowest BCUT2D eigenvalue weighted by Crippen LogP contribution is -1.97. The first kappa shape index (κ1) is 15.9. The van der Waals surface area contributed by atoms with Crippen molar-refractivity contribution in [2.24, 2.45) is 0 Å². The van der Waals surface area contributed by atoms with Crippen LogP contribution in [0.3, 0.4) is 0 Å². The molecule has 2 rings (SSSR count). The van der Waals surface area contributed by atoms with Gasteiger partial charge in [-0.05, 0) is 65.5 Å². The molecule has 0 N–H and O–H groups in total. The summed E-state index contributed by atoms with van der Waals surface area (Å²) >= 11 is 11.9. The Labute approximate surface area is 138 Å². The summed E-state index contributed by atoms with van der Waals surface area (Å²) in [5.74, 6) is 0.873. The summed E-state index contributed by atoms with van der Waals surface area (Å²) in [6.45, 7) is 7.07. The van der Waals surface area contributed by atoms with E-state index in [2.05, 4.69) is 42.8 Å². The highest BCUT2D eigenvalue weighted by atomic mass is 79.9. The van der Waals surface area contributed by atoms with Crippen molar-refractivity contribution in [3.8, 4) is 5.75 Å². The van der Waals surface area contributed by atoms with Gasteiger partial charge in [0.25, 0.3) is 0 Å². The third kappa shape index (κ3) is 3.57. The normalized spacial score (nSPS) is 12.4. The fourth-order valence-electron chi connectivity index (χ4n) is 1.89. The van der Waals surface area contributed by atoms with Crippen LogP contribution in [0.2, 0.25) is 0 Å². The molecule has 1 nitrogen and oxygen atoms in total. The second kappa shape index (κ2) is 6.97. The van der Waals surface area contributed by atoms with Gasteiger partial charge < -0.3 is 4.74 Å². The summed E-state index contributed by atoms with van der Waals surface area (Å²) in [4.78, 5) is 2.52. The molecule has 108 valence electrons. The number of ether oxygens (including phenoxy) is 1. The molecule has 1 aromatic heterocycles. The number of hydrogen-bond acceptors (Lipinski definition) is 2. The molecule has 1 unspecified atom stereocenters. The summed E-state index contributed by atoms with van der Waals surface area (Å²) < 4.78 is 6.62. The first-order chi connectivity index (χ1) is 9.52. The van der Waals surface area contributed by atoms with E-state index in [9.17, 15) is 0 Å². The van der Waals surface area contributed by atoms with Crippen LogP contribution in [0.4, 0.5) is 0 Å². The maximum Gasteiger partial charge on any atom is 0.133 e. The molecule has 1 atom stereocenters. The maximum absolute atomic E-state index is 6.59. The summed E-state index contributed by atoms with van der Waals surface area (Å²) in [5.41, 5.74) is 2.39. The van der Waals surface area contributed by atoms with Crippen molar-refractivity contribution >= 4 is 38.9 Å². The highest BCUT2D eigenvalue weighted by molar-refractivity contribution is 9.10. The first-order valence-corrected chi connectivity index (χ1v) is 8.70. The van der Waals surface area contributed by atoms with E-state index in [-0.39, 0.29) is 5.38 Å². The van der Waals surface area contributed by atoms with Gasteiger partial charge in [-0.1, -0.05) is 13.0 Å². The molecular formula is C16H18BrClOS. The predicted molar refractivity (Wildman–Crippen MR) is 91.4 cm³/mol. The Morgan fingerprint density at radius 1 is 1.30 bits per heavy atom. The largest absolute Gasteiger partial charge is 0.492 e. The van der Waals surface area contributed by atoms with E-state index < -0.39 is 0 Å². The summed E-state index contributed by atoms with van der Waals surface area (Å²) in [6.07, 6.45) is 1.00. The van der Waals surface area contributed by atoms with Crippen molar-refractivity contribution in [1.82, 2.24) is 0 Å². The van der Waals surface area contributed by atoms with Gasteiger partial charge in [0, 0.05) is 9.75 Å². The lowest BCUT2D eigenvalue weighted by atomic mass is 10.1. The average molecular weight is 374 g/mol. The van der Waals surface area contributed by atoms with Crippen LogP contribution in [0.25, 0.3) is 0 Å². The van der Waals surface area contributed by atoms with E-state index in [1.165, 1.54) is 15.3 Å². The molecule has 1 heterocycles. The molecule has 0 aliphatic heterocycles. The molecule has 0 spiro atoms. The van der Waals surface area contributed by atoms with Gasteiger partial charge in [-0.15, -0.1) is 22.9 Å². The molecule has 0 saturated heterocycles. The van der Waals surface area contributed by atoms with E-state index in [4.69, 9.17) is 16.3 Å². The molecular weight excluding hydrogens is 356 g/mol. The van der Waals surface area contributed by atoms with E-state index in [0.29, 0.717) is 0 Å². The Hall–Kier alpha value is -0.510. The fraction of sp³-hybridized carbons (Fsp3) is 0.375. The van der Waals surface area contributed by atoms with Crippen LogP contribution in [-0.2, 0) is 0 Å². The van der Waals surface area contributed by atoms with Crippen molar-refractivity contribution in [1.29, 1.82) is 0 Å². The third-order valence-corrected chi connectivity index (χ3v) is 5.60. The minimum Gasteiger partial charge on any atom is -0.492 e. The Balaban J connectivity index is 2.22. The Bertz CT molecular complexity index is 575. The number of rotatable bonds is 5. The molecule has 1 aromatic carbocycles. The van der Waals surface area contributed by atoms with Crippen LogP contribution in [0.1, 0.15) is 39.6 Å². The highest BCUT2D eigenvalue weighted by Crippen LogP contribution is 2.38. The predicted octanol–water partition coefficient (Wildman–Crippen LogP) is 6.24.